The van der Waals surface area contributed by atoms with E-state index in [9.17, 15) is 4.79 Å². The Labute approximate surface area is 109 Å². The van der Waals surface area contributed by atoms with Gasteiger partial charge in [0.15, 0.2) is 0 Å². The van der Waals surface area contributed by atoms with Crippen molar-refractivity contribution in [3.05, 3.63) is 29.8 Å². The first-order chi connectivity index (χ1) is 8.60. The van der Waals surface area contributed by atoms with Crippen molar-refractivity contribution in [2.45, 2.75) is 19.9 Å². The number of benzene rings is 1. The molecule has 1 N–H and O–H groups in total. The van der Waals surface area contributed by atoms with Crippen molar-refractivity contribution in [3.63, 3.8) is 0 Å². The van der Waals surface area contributed by atoms with Gasteiger partial charge in [-0.15, -0.1) is 0 Å². The van der Waals surface area contributed by atoms with E-state index in [1.807, 2.05) is 26.1 Å². The average molecular weight is 250 g/mol. The Morgan fingerprint density at radius 2 is 2.11 bits per heavy atom. The number of aryl methyl sites for hydroxylation is 1. The van der Waals surface area contributed by atoms with Crippen molar-refractivity contribution in [1.29, 1.82) is 0 Å². The predicted octanol–water partition coefficient (Wildman–Crippen LogP) is 1.58. The van der Waals surface area contributed by atoms with E-state index in [2.05, 4.69) is 29.3 Å². The first-order valence-corrected chi connectivity index (χ1v) is 6.18. The second-order valence-electron chi connectivity index (χ2n) is 4.30. The Kier molecular flexibility index (Phi) is 5.65. The van der Waals surface area contributed by atoms with Crippen LogP contribution in [0.1, 0.15) is 12.5 Å². The number of anilines is 1. The van der Waals surface area contributed by atoms with E-state index in [4.69, 9.17) is 4.74 Å². The zero-order chi connectivity index (χ0) is 13.5. The van der Waals surface area contributed by atoms with Gasteiger partial charge < -0.3 is 15.0 Å². The maximum atomic E-state index is 11.6. The monoisotopic (exact) mass is 250 g/mol. The number of nitrogens with zero attached hydrogens (tertiary/aromatic N) is 1. The summed E-state index contributed by atoms with van der Waals surface area (Å²) in [6.45, 7) is 5.36. The molecule has 0 aliphatic carbocycles. The van der Waals surface area contributed by atoms with Gasteiger partial charge in [0, 0.05) is 19.3 Å². The quantitative estimate of drug-likeness (QED) is 0.778. The zero-order valence-corrected chi connectivity index (χ0v) is 11.6. The predicted molar refractivity (Wildman–Crippen MR) is 73.9 cm³/mol. The summed E-state index contributed by atoms with van der Waals surface area (Å²) in [4.78, 5) is 13.7. The minimum absolute atomic E-state index is 0.225. The Hall–Kier alpha value is -1.55. The van der Waals surface area contributed by atoms with Crippen LogP contribution in [-0.2, 0) is 9.53 Å². The van der Waals surface area contributed by atoms with Crippen molar-refractivity contribution in [2.24, 2.45) is 0 Å². The van der Waals surface area contributed by atoms with Crippen LogP contribution in [0.15, 0.2) is 24.3 Å². The van der Waals surface area contributed by atoms with E-state index in [1.54, 1.807) is 0 Å². The van der Waals surface area contributed by atoms with Crippen molar-refractivity contribution >= 4 is 11.7 Å². The van der Waals surface area contributed by atoms with Crippen LogP contribution in [0.4, 0.5) is 5.69 Å². The third-order valence-corrected chi connectivity index (χ3v) is 2.92. The molecule has 0 spiro atoms. The molecule has 0 amide bonds. The summed E-state index contributed by atoms with van der Waals surface area (Å²) in [5.74, 6) is -0.225. The van der Waals surface area contributed by atoms with Gasteiger partial charge in [-0.3, -0.25) is 4.79 Å². The number of para-hydroxylation sites is 1. The average Bonchev–Trinajstić information content (AvgIpc) is 2.37. The van der Waals surface area contributed by atoms with Crippen LogP contribution in [0, 0.1) is 6.92 Å². The van der Waals surface area contributed by atoms with Gasteiger partial charge in [0.1, 0.15) is 6.04 Å². The van der Waals surface area contributed by atoms with Gasteiger partial charge in [0.25, 0.3) is 0 Å². The van der Waals surface area contributed by atoms with Gasteiger partial charge in [-0.2, -0.15) is 0 Å². The number of rotatable bonds is 6. The van der Waals surface area contributed by atoms with Crippen molar-refractivity contribution in [2.75, 3.05) is 32.1 Å². The minimum Gasteiger partial charge on any atom is -0.468 e. The SMILES string of the molecule is CCNC(CN(C)c1ccccc1C)C(=O)OC. The van der Waals surface area contributed by atoms with Gasteiger partial charge >= 0.3 is 5.97 Å². The Morgan fingerprint density at radius 3 is 2.67 bits per heavy atom. The van der Waals surface area contributed by atoms with Crippen LogP contribution in [0.2, 0.25) is 0 Å². The molecule has 0 aromatic heterocycles. The fraction of sp³-hybridized carbons (Fsp3) is 0.500. The maximum Gasteiger partial charge on any atom is 0.324 e. The molecule has 0 aliphatic heterocycles. The highest BCUT2D eigenvalue weighted by Gasteiger charge is 2.20. The Morgan fingerprint density at radius 1 is 1.44 bits per heavy atom. The molecule has 0 aliphatic rings. The zero-order valence-electron chi connectivity index (χ0n) is 11.6. The van der Waals surface area contributed by atoms with Crippen molar-refractivity contribution in [3.8, 4) is 0 Å². The Balaban J connectivity index is 2.75. The molecule has 1 aromatic carbocycles. The molecule has 1 rings (SSSR count). The van der Waals surface area contributed by atoms with Crippen LogP contribution < -0.4 is 10.2 Å². The summed E-state index contributed by atoms with van der Waals surface area (Å²) in [6.07, 6.45) is 0. The third-order valence-electron chi connectivity index (χ3n) is 2.92. The highest BCUT2D eigenvalue weighted by Crippen LogP contribution is 2.17. The maximum absolute atomic E-state index is 11.6. The van der Waals surface area contributed by atoms with Gasteiger partial charge in [-0.05, 0) is 25.1 Å². The molecule has 1 aromatic rings. The number of nitrogens with one attached hydrogen (secondary N) is 1. The van der Waals surface area contributed by atoms with Crippen LogP contribution in [0.5, 0.6) is 0 Å². The largest absolute Gasteiger partial charge is 0.468 e. The van der Waals surface area contributed by atoms with Crippen LogP contribution >= 0.6 is 0 Å². The standard InChI is InChI=1S/C14H22N2O2/c1-5-15-12(14(17)18-4)10-16(3)13-9-7-6-8-11(13)2/h6-9,12,15H,5,10H2,1-4H3. The molecule has 1 unspecified atom stereocenters. The molecule has 4 heteroatoms. The molecular formula is C14H22N2O2. The molecule has 0 saturated heterocycles. The second-order valence-corrected chi connectivity index (χ2v) is 4.30. The molecule has 0 bridgehead atoms. The normalized spacial score (nSPS) is 12.0. The topological polar surface area (TPSA) is 41.6 Å². The van der Waals surface area contributed by atoms with Gasteiger partial charge in [0.05, 0.1) is 7.11 Å². The lowest BCUT2D eigenvalue weighted by Crippen LogP contribution is -2.45. The first-order valence-electron chi connectivity index (χ1n) is 6.18. The Bertz CT molecular complexity index is 393. The highest BCUT2D eigenvalue weighted by molar-refractivity contribution is 5.76. The molecule has 4 nitrogen and oxygen atoms in total. The van der Waals surface area contributed by atoms with E-state index >= 15 is 0 Å². The number of carbonyl (C=O) groups excluding carboxylic acids is 1. The highest BCUT2D eigenvalue weighted by atomic mass is 16.5. The van der Waals surface area contributed by atoms with Gasteiger partial charge in [-0.1, -0.05) is 25.1 Å². The lowest BCUT2D eigenvalue weighted by atomic mass is 10.1. The van der Waals surface area contributed by atoms with Gasteiger partial charge in [-0.25, -0.2) is 0 Å². The minimum atomic E-state index is -0.301. The number of likely N-dealkylation sites (N-methyl/N-ethyl adjacent to an activating group) is 2. The summed E-state index contributed by atoms with van der Waals surface area (Å²) < 4.78 is 4.80. The summed E-state index contributed by atoms with van der Waals surface area (Å²) in [5, 5.41) is 3.14. The van der Waals surface area contributed by atoms with Crippen LogP contribution in [0.3, 0.4) is 0 Å². The van der Waals surface area contributed by atoms with E-state index < -0.39 is 0 Å². The van der Waals surface area contributed by atoms with Crippen LogP contribution in [-0.4, -0.2) is 39.3 Å². The summed E-state index contributed by atoms with van der Waals surface area (Å²) >= 11 is 0. The molecule has 100 valence electrons. The van der Waals surface area contributed by atoms with Gasteiger partial charge in [0.2, 0.25) is 0 Å². The molecule has 0 radical (unpaired) electrons. The van der Waals surface area contributed by atoms with E-state index in [1.165, 1.54) is 12.7 Å². The lowest BCUT2D eigenvalue weighted by molar-refractivity contribution is -0.142. The summed E-state index contributed by atoms with van der Waals surface area (Å²) in [5.41, 5.74) is 2.32. The van der Waals surface area contributed by atoms with E-state index in [0.29, 0.717) is 6.54 Å². The number of carbonyl (C=O) groups is 1. The number of methoxy groups -OCH3 is 1. The van der Waals surface area contributed by atoms with E-state index in [-0.39, 0.29) is 12.0 Å². The summed E-state index contributed by atoms with van der Waals surface area (Å²) in [7, 11) is 3.40. The lowest BCUT2D eigenvalue weighted by Gasteiger charge is -2.26. The first kappa shape index (κ1) is 14.5. The van der Waals surface area contributed by atoms with E-state index in [0.717, 1.165) is 12.2 Å². The number of ether oxygens (including phenoxy) is 1. The molecule has 0 heterocycles. The summed E-state index contributed by atoms with van der Waals surface area (Å²) in [6, 6.07) is 7.82. The number of hydrogen-bond acceptors (Lipinski definition) is 4. The smallest absolute Gasteiger partial charge is 0.324 e. The molecule has 1 atom stereocenters. The number of hydrogen-bond donors (Lipinski definition) is 1. The second kappa shape index (κ2) is 7.01. The van der Waals surface area contributed by atoms with Crippen LogP contribution in [0.25, 0.3) is 0 Å². The molecule has 18 heavy (non-hydrogen) atoms. The third kappa shape index (κ3) is 3.74. The van der Waals surface area contributed by atoms with Crippen molar-refractivity contribution < 1.29 is 9.53 Å². The number of esters is 1. The fourth-order valence-electron chi connectivity index (χ4n) is 1.98. The fourth-order valence-corrected chi connectivity index (χ4v) is 1.98. The van der Waals surface area contributed by atoms with Crippen molar-refractivity contribution in [1.82, 2.24) is 5.32 Å². The molecule has 0 fully saturated rings. The molecule has 0 saturated carbocycles. The molecular weight excluding hydrogens is 228 g/mol.